The second-order valence-electron chi connectivity index (χ2n) is 5.88. The molecule has 0 aliphatic heterocycles. The number of alkyl halides is 3. The third-order valence-electron chi connectivity index (χ3n) is 3.59. The zero-order valence-electron chi connectivity index (χ0n) is 14.7. The van der Waals surface area contributed by atoms with Crippen molar-refractivity contribution in [3.8, 4) is 5.75 Å². The molecule has 9 heteroatoms. The Hall–Kier alpha value is -2.29. The first-order valence-corrected chi connectivity index (χ1v) is 8.69. The number of aliphatic hydroxyl groups is 1. The number of hydrogen-bond acceptors (Lipinski definition) is 4. The minimum absolute atomic E-state index is 0.0247. The van der Waals surface area contributed by atoms with Crippen molar-refractivity contribution in [2.75, 3.05) is 19.8 Å². The molecule has 0 aliphatic carbocycles. The van der Waals surface area contributed by atoms with Crippen LogP contribution >= 0.6 is 11.6 Å². The number of aliphatic hydroxyl groups excluding tert-OH is 1. The highest BCUT2D eigenvalue weighted by molar-refractivity contribution is 6.31. The van der Waals surface area contributed by atoms with Crippen molar-refractivity contribution in [3.63, 3.8) is 0 Å². The highest BCUT2D eigenvalue weighted by atomic mass is 35.5. The second kappa shape index (κ2) is 10.3. The predicted octanol–water partition coefficient (Wildman–Crippen LogP) is 3.43. The molecule has 28 heavy (non-hydrogen) atoms. The first kappa shape index (κ1) is 22.0. The van der Waals surface area contributed by atoms with Crippen LogP contribution in [0.2, 0.25) is 5.02 Å². The van der Waals surface area contributed by atoms with Gasteiger partial charge >= 0.3 is 6.18 Å². The highest BCUT2D eigenvalue weighted by Gasteiger charge is 2.30. The zero-order valence-corrected chi connectivity index (χ0v) is 15.5. The van der Waals surface area contributed by atoms with Gasteiger partial charge in [0.15, 0.2) is 0 Å². The van der Waals surface area contributed by atoms with Gasteiger partial charge in [0.25, 0.3) is 0 Å². The molecular weight excluding hydrogens is 399 g/mol. The molecule has 0 aromatic heterocycles. The van der Waals surface area contributed by atoms with E-state index in [4.69, 9.17) is 21.1 Å². The number of amides is 1. The number of carbonyl (C=O) groups is 1. The Morgan fingerprint density at radius 1 is 1.18 bits per heavy atom. The topological polar surface area (TPSA) is 67.8 Å². The maximum atomic E-state index is 12.6. The molecule has 0 heterocycles. The number of benzene rings is 2. The normalized spacial score (nSPS) is 12.5. The summed E-state index contributed by atoms with van der Waals surface area (Å²) < 4.78 is 48.3. The van der Waals surface area contributed by atoms with Gasteiger partial charge in [0, 0.05) is 11.6 Å². The smallest absolute Gasteiger partial charge is 0.416 e. The number of nitrogens with one attached hydrogen (secondary N) is 1. The summed E-state index contributed by atoms with van der Waals surface area (Å²) in [6.07, 6.45) is -5.57. The summed E-state index contributed by atoms with van der Waals surface area (Å²) in [4.78, 5) is 11.7. The number of ether oxygens (including phenoxy) is 2. The fourth-order valence-corrected chi connectivity index (χ4v) is 2.36. The fourth-order valence-electron chi connectivity index (χ4n) is 2.17. The molecule has 0 bridgehead atoms. The largest absolute Gasteiger partial charge is 0.491 e. The predicted molar refractivity (Wildman–Crippen MR) is 97.1 cm³/mol. The molecule has 2 rings (SSSR count). The van der Waals surface area contributed by atoms with E-state index in [1.54, 1.807) is 24.3 Å². The molecule has 0 spiro atoms. The van der Waals surface area contributed by atoms with Crippen LogP contribution in [-0.4, -0.2) is 36.9 Å². The van der Waals surface area contributed by atoms with Crippen molar-refractivity contribution in [1.29, 1.82) is 0 Å². The van der Waals surface area contributed by atoms with Gasteiger partial charge in [0.1, 0.15) is 25.1 Å². The summed E-state index contributed by atoms with van der Waals surface area (Å²) in [6, 6.07) is 11.4. The Kier molecular flexibility index (Phi) is 8.10. The lowest BCUT2D eigenvalue weighted by Crippen LogP contribution is -2.37. The summed E-state index contributed by atoms with van der Waals surface area (Å²) in [6.45, 7) is -0.476. The molecular formula is C19H19ClF3NO4. The van der Waals surface area contributed by atoms with E-state index >= 15 is 0 Å². The van der Waals surface area contributed by atoms with E-state index in [2.05, 4.69) is 5.32 Å². The highest BCUT2D eigenvalue weighted by Crippen LogP contribution is 2.31. The number of carbonyl (C=O) groups excluding carboxylic acids is 1. The van der Waals surface area contributed by atoms with Crippen LogP contribution in [-0.2, 0) is 22.3 Å². The summed E-state index contributed by atoms with van der Waals surface area (Å²) >= 11 is 5.97. The van der Waals surface area contributed by atoms with Crippen molar-refractivity contribution in [2.24, 2.45) is 0 Å². The standard InChI is InChI=1S/C19H19ClF3NO4/c20-17-7-2-1-4-13(17)10-27-12-18(26)24-9-15(25)11-28-16-6-3-5-14(8-16)19(21,22)23/h1-8,15,25H,9-12H2,(H,24,26). The molecule has 0 radical (unpaired) electrons. The quantitative estimate of drug-likeness (QED) is 0.656. The van der Waals surface area contributed by atoms with E-state index in [9.17, 15) is 23.1 Å². The van der Waals surface area contributed by atoms with Crippen molar-refractivity contribution in [2.45, 2.75) is 18.9 Å². The molecule has 2 N–H and O–H groups in total. The van der Waals surface area contributed by atoms with Gasteiger partial charge < -0.3 is 19.9 Å². The summed E-state index contributed by atoms with van der Waals surface area (Å²) in [7, 11) is 0. The van der Waals surface area contributed by atoms with Crippen molar-refractivity contribution in [3.05, 3.63) is 64.7 Å². The maximum Gasteiger partial charge on any atom is 0.416 e. The molecule has 0 fully saturated rings. The lowest BCUT2D eigenvalue weighted by molar-refractivity contribution is -0.137. The maximum absolute atomic E-state index is 12.6. The lowest BCUT2D eigenvalue weighted by atomic mass is 10.2. The monoisotopic (exact) mass is 417 g/mol. The molecule has 5 nitrogen and oxygen atoms in total. The molecule has 2 aromatic rings. The van der Waals surface area contributed by atoms with E-state index in [0.717, 1.165) is 17.7 Å². The average molecular weight is 418 g/mol. The van der Waals surface area contributed by atoms with Crippen LogP contribution < -0.4 is 10.1 Å². The number of rotatable bonds is 9. The van der Waals surface area contributed by atoms with Crippen LogP contribution in [0, 0.1) is 0 Å². The first-order chi connectivity index (χ1) is 13.3. The summed E-state index contributed by atoms with van der Waals surface area (Å²) in [5.74, 6) is -0.478. The Morgan fingerprint density at radius 2 is 1.93 bits per heavy atom. The minimum Gasteiger partial charge on any atom is -0.491 e. The molecule has 0 saturated carbocycles. The van der Waals surface area contributed by atoms with Gasteiger partial charge in [-0.05, 0) is 29.8 Å². The second-order valence-corrected chi connectivity index (χ2v) is 6.29. The molecule has 0 aliphatic rings. The van der Waals surface area contributed by atoms with Gasteiger partial charge in [-0.1, -0.05) is 35.9 Å². The number of halogens is 4. The first-order valence-electron chi connectivity index (χ1n) is 8.31. The Balaban J connectivity index is 1.67. The van der Waals surface area contributed by atoms with Crippen LogP contribution in [0.3, 0.4) is 0 Å². The SMILES string of the molecule is O=C(COCc1ccccc1Cl)NCC(O)COc1cccc(C(F)(F)F)c1. The summed E-state index contributed by atoms with van der Waals surface area (Å²) in [5.41, 5.74) is -0.102. The molecule has 1 atom stereocenters. The van der Waals surface area contributed by atoms with Crippen LogP contribution in [0.4, 0.5) is 13.2 Å². The fraction of sp³-hybridized carbons (Fsp3) is 0.316. The Morgan fingerprint density at radius 3 is 2.64 bits per heavy atom. The van der Waals surface area contributed by atoms with Crippen LogP contribution in [0.25, 0.3) is 0 Å². The molecule has 0 saturated heterocycles. The van der Waals surface area contributed by atoms with Crippen molar-refractivity contribution in [1.82, 2.24) is 5.32 Å². The van der Waals surface area contributed by atoms with Crippen molar-refractivity contribution < 1.29 is 32.5 Å². The average Bonchev–Trinajstić information content (AvgIpc) is 2.66. The van der Waals surface area contributed by atoms with Crippen LogP contribution in [0.1, 0.15) is 11.1 Å². The van der Waals surface area contributed by atoms with Crippen LogP contribution in [0.5, 0.6) is 5.75 Å². The number of hydrogen-bond donors (Lipinski definition) is 2. The van der Waals surface area contributed by atoms with Crippen molar-refractivity contribution >= 4 is 17.5 Å². The zero-order chi connectivity index (χ0) is 20.6. The molecule has 152 valence electrons. The van der Waals surface area contributed by atoms with Crippen LogP contribution in [0.15, 0.2) is 48.5 Å². The Bertz CT molecular complexity index is 786. The van der Waals surface area contributed by atoms with E-state index in [0.29, 0.717) is 5.02 Å². The van der Waals surface area contributed by atoms with E-state index in [1.165, 1.54) is 12.1 Å². The van der Waals surface area contributed by atoms with Gasteiger partial charge in [-0.25, -0.2) is 0 Å². The van der Waals surface area contributed by atoms with E-state index < -0.39 is 23.8 Å². The van der Waals surface area contributed by atoms with Gasteiger partial charge in [0.2, 0.25) is 5.91 Å². The van der Waals surface area contributed by atoms with E-state index in [-0.39, 0.29) is 32.1 Å². The Labute approximate surface area is 165 Å². The summed E-state index contributed by atoms with van der Waals surface area (Å²) in [5, 5.41) is 12.8. The molecule has 2 aromatic carbocycles. The molecule has 1 unspecified atom stereocenters. The third kappa shape index (κ3) is 7.38. The van der Waals surface area contributed by atoms with Gasteiger partial charge in [-0.15, -0.1) is 0 Å². The third-order valence-corrected chi connectivity index (χ3v) is 3.96. The molecule has 1 amide bonds. The van der Waals surface area contributed by atoms with Gasteiger partial charge in [0.05, 0.1) is 12.2 Å². The van der Waals surface area contributed by atoms with Gasteiger partial charge in [-0.3, -0.25) is 4.79 Å². The van der Waals surface area contributed by atoms with Gasteiger partial charge in [-0.2, -0.15) is 13.2 Å². The minimum atomic E-state index is -4.48. The lowest BCUT2D eigenvalue weighted by Gasteiger charge is -2.14. The van der Waals surface area contributed by atoms with E-state index in [1.807, 2.05) is 0 Å².